The van der Waals surface area contributed by atoms with E-state index in [-0.39, 0.29) is 0 Å². The third-order valence-corrected chi connectivity index (χ3v) is 3.42. The van der Waals surface area contributed by atoms with Crippen molar-refractivity contribution in [3.63, 3.8) is 0 Å². The van der Waals surface area contributed by atoms with Crippen LogP contribution in [0.15, 0.2) is 33.6 Å². The molecular formula is C13H19BrN4O. The number of aryl methyl sites for hydroxylation is 1. The Hall–Kier alpha value is -1.11. The highest BCUT2D eigenvalue weighted by Crippen LogP contribution is 2.17. The maximum absolute atomic E-state index is 5.46. The molecule has 6 heteroatoms. The number of aromatic nitrogens is 2. The van der Waals surface area contributed by atoms with Gasteiger partial charge in [0.05, 0.1) is 12.7 Å². The first kappa shape index (κ1) is 14.3. The van der Waals surface area contributed by atoms with Gasteiger partial charge in [0.15, 0.2) is 4.67 Å². The van der Waals surface area contributed by atoms with Crippen LogP contribution in [0.5, 0.6) is 0 Å². The summed E-state index contributed by atoms with van der Waals surface area (Å²) in [7, 11) is 6.08. The number of hydrogen-bond donors (Lipinski definition) is 1. The number of rotatable bonds is 6. The molecule has 0 spiro atoms. The first-order valence-electron chi connectivity index (χ1n) is 6.16. The molecule has 0 bridgehead atoms. The molecule has 0 radical (unpaired) electrons. The lowest BCUT2D eigenvalue weighted by Gasteiger charge is -2.23. The van der Waals surface area contributed by atoms with Crippen molar-refractivity contribution in [2.24, 2.45) is 7.05 Å². The summed E-state index contributed by atoms with van der Waals surface area (Å²) >= 11 is 3.30. The Labute approximate surface area is 121 Å². The Morgan fingerprint density at radius 2 is 2.26 bits per heavy atom. The zero-order valence-corrected chi connectivity index (χ0v) is 13.0. The molecule has 2 heterocycles. The number of halogens is 1. The van der Waals surface area contributed by atoms with Crippen molar-refractivity contribution < 1.29 is 4.42 Å². The monoisotopic (exact) mass is 326 g/mol. The van der Waals surface area contributed by atoms with Crippen molar-refractivity contribution in [1.82, 2.24) is 20.0 Å². The van der Waals surface area contributed by atoms with E-state index in [2.05, 4.69) is 51.5 Å². The lowest BCUT2D eigenvalue weighted by atomic mass is 10.1. The normalized spacial score (nSPS) is 13.1. The number of hydrogen-bond acceptors (Lipinski definition) is 4. The van der Waals surface area contributed by atoms with Gasteiger partial charge in [-0.1, -0.05) is 0 Å². The third-order valence-electron chi connectivity index (χ3n) is 3.00. The van der Waals surface area contributed by atoms with E-state index < -0.39 is 0 Å². The van der Waals surface area contributed by atoms with Crippen LogP contribution in [-0.4, -0.2) is 35.3 Å². The molecule has 0 aliphatic rings. The molecular weight excluding hydrogens is 308 g/mol. The van der Waals surface area contributed by atoms with Gasteiger partial charge in [-0.05, 0) is 42.2 Å². The van der Waals surface area contributed by atoms with E-state index in [0.717, 1.165) is 23.5 Å². The molecule has 0 saturated carbocycles. The van der Waals surface area contributed by atoms with Gasteiger partial charge in [-0.25, -0.2) is 0 Å². The standard InChI is InChI=1S/C13H19BrN4O/c1-17(2)12(10-6-16-18(3)9-10)8-15-7-11-4-5-13(14)19-11/h4-6,9,12,15H,7-8H2,1-3H3. The molecule has 2 aromatic heterocycles. The maximum Gasteiger partial charge on any atom is 0.169 e. The average Bonchev–Trinajstić information content (AvgIpc) is 2.93. The van der Waals surface area contributed by atoms with E-state index >= 15 is 0 Å². The van der Waals surface area contributed by atoms with Gasteiger partial charge in [0.2, 0.25) is 0 Å². The zero-order valence-electron chi connectivity index (χ0n) is 11.4. The summed E-state index contributed by atoms with van der Waals surface area (Å²) in [6.45, 7) is 1.56. The number of nitrogens with zero attached hydrogens (tertiary/aromatic N) is 3. The molecule has 0 saturated heterocycles. The van der Waals surface area contributed by atoms with Gasteiger partial charge in [-0.2, -0.15) is 5.10 Å². The molecule has 104 valence electrons. The quantitative estimate of drug-likeness (QED) is 0.883. The molecule has 2 rings (SSSR count). The van der Waals surface area contributed by atoms with Gasteiger partial charge in [0.1, 0.15) is 5.76 Å². The first-order chi connectivity index (χ1) is 9.06. The van der Waals surface area contributed by atoms with Gasteiger partial charge < -0.3 is 14.6 Å². The summed E-state index contributed by atoms with van der Waals surface area (Å²) in [5.41, 5.74) is 1.21. The topological polar surface area (TPSA) is 46.2 Å². The predicted octanol–water partition coefficient (Wildman–Crippen LogP) is 2.17. The second-order valence-electron chi connectivity index (χ2n) is 4.76. The highest BCUT2D eigenvalue weighted by atomic mass is 79.9. The van der Waals surface area contributed by atoms with Crippen molar-refractivity contribution in [2.45, 2.75) is 12.6 Å². The summed E-state index contributed by atoms with van der Waals surface area (Å²) in [5, 5.41) is 7.64. The highest BCUT2D eigenvalue weighted by molar-refractivity contribution is 9.10. The van der Waals surface area contributed by atoms with E-state index in [4.69, 9.17) is 4.42 Å². The Morgan fingerprint density at radius 3 is 2.79 bits per heavy atom. The van der Waals surface area contributed by atoms with Crippen LogP contribution < -0.4 is 5.32 Å². The minimum absolute atomic E-state index is 0.298. The summed E-state index contributed by atoms with van der Waals surface area (Å²) in [6.07, 6.45) is 3.96. The number of likely N-dealkylation sites (N-methyl/N-ethyl adjacent to an activating group) is 1. The highest BCUT2D eigenvalue weighted by Gasteiger charge is 2.15. The average molecular weight is 327 g/mol. The second-order valence-corrected chi connectivity index (χ2v) is 5.55. The largest absolute Gasteiger partial charge is 0.453 e. The van der Waals surface area contributed by atoms with Crippen LogP contribution in [0.2, 0.25) is 0 Å². The van der Waals surface area contributed by atoms with Crippen LogP contribution >= 0.6 is 15.9 Å². The molecule has 0 fully saturated rings. The molecule has 1 atom stereocenters. The Kier molecular flexibility index (Phi) is 4.79. The van der Waals surface area contributed by atoms with Crippen molar-refractivity contribution in [2.75, 3.05) is 20.6 Å². The molecule has 0 aromatic carbocycles. The number of nitrogens with one attached hydrogen (secondary N) is 1. The van der Waals surface area contributed by atoms with Gasteiger partial charge in [-0.3, -0.25) is 4.68 Å². The van der Waals surface area contributed by atoms with Crippen LogP contribution in [0, 0.1) is 0 Å². The van der Waals surface area contributed by atoms with Gasteiger partial charge in [0.25, 0.3) is 0 Å². The molecule has 5 nitrogen and oxygen atoms in total. The Balaban J connectivity index is 1.91. The van der Waals surface area contributed by atoms with Gasteiger partial charge in [0, 0.05) is 31.4 Å². The van der Waals surface area contributed by atoms with E-state index in [1.807, 2.05) is 30.1 Å². The molecule has 1 N–H and O–H groups in total. The Morgan fingerprint density at radius 1 is 1.47 bits per heavy atom. The van der Waals surface area contributed by atoms with E-state index in [1.54, 1.807) is 0 Å². The fourth-order valence-corrected chi connectivity index (χ4v) is 2.33. The minimum Gasteiger partial charge on any atom is -0.453 e. The summed E-state index contributed by atoms with van der Waals surface area (Å²) in [4.78, 5) is 2.18. The molecule has 0 amide bonds. The van der Waals surface area contributed by atoms with E-state index in [0.29, 0.717) is 6.04 Å². The van der Waals surface area contributed by atoms with Crippen molar-refractivity contribution in [3.8, 4) is 0 Å². The molecule has 19 heavy (non-hydrogen) atoms. The summed E-state index contributed by atoms with van der Waals surface area (Å²) < 4.78 is 8.05. The van der Waals surface area contributed by atoms with Crippen LogP contribution in [-0.2, 0) is 13.6 Å². The van der Waals surface area contributed by atoms with Gasteiger partial charge in [-0.15, -0.1) is 0 Å². The predicted molar refractivity (Wildman–Crippen MR) is 77.8 cm³/mol. The SMILES string of the molecule is CN(C)C(CNCc1ccc(Br)o1)c1cnn(C)c1. The summed E-state index contributed by atoms with van der Waals surface area (Å²) in [6, 6.07) is 4.17. The van der Waals surface area contributed by atoms with Crippen LogP contribution in [0.4, 0.5) is 0 Å². The van der Waals surface area contributed by atoms with Crippen molar-refractivity contribution in [3.05, 3.63) is 40.5 Å². The smallest absolute Gasteiger partial charge is 0.169 e. The fraction of sp³-hybridized carbons (Fsp3) is 0.462. The first-order valence-corrected chi connectivity index (χ1v) is 6.95. The summed E-state index contributed by atoms with van der Waals surface area (Å²) in [5.74, 6) is 0.926. The lowest BCUT2D eigenvalue weighted by Crippen LogP contribution is -2.30. The van der Waals surface area contributed by atoms with E-state index in [9.17, 15) is 0 Å². The lowest BCUT2D eigenvalue weighted by molar-refractivity contribution is 0.285. The van der Waals surface area contributed by atoms with Crippen LogP contribution in [0.1, 0.15) is 17.4 Å². The van der Waals surface area contributed by atoms with Crippen molar-refractivity contribution >= 4 is 15.9 Å². The molecule has 0 aliphatic carbocycles. The van der Waals surface area contributed by atoms with E-state index in [1.165, 1.54) is 5.56 Å². The molecule has 1 unspecified atom stereocenters. The zero-order chi connectivity index (χ0) is 13.8. The second kappa shape index (κ2) is 6.36. The fourth-order valence-electron chi connectivity index (χ4n) is 1.99. The molecule has 0 aliphatic heterocycles. The minimum atomic E-state index is 0.298. The van der Waals surface area contributed by atoms with Crippen LogP contribution in [0.25, 0.3) is 0 Å². The van der Waals surface area contributed by atoms with Gasteiger partial charge >= 0.3 is 0 Å². The van der Waals surface area contributed by atoms with Crippen molar-refractivity contribution in [1.29, 1.82) is 0 Å². The molecule has 2 aromatic rings. The maximum atomic E-state index is 5.46. The number of furan rings is 1. The third kappa shape index (κ3) is 3.92. The van der Waals surface area contributed by atoms with Crippen LogP contribution in [0.3, 0.4) is 0 Å². The Bertz CT molecular complexity index is 520.